The van der Waals surface area contributed by atoms with Crippen molar-refractivity contribution in [3.63, 3.8) is 0 Å². The van der Waals surface area contributed by atoms with Crippen LogP contribution in [0.4, 0.5) is 0 Å². The Morgan fingerprint density at radius 2 is 2.06 bits per heavy atom. The summed E-state index contributed by atoms with van der Waals surface area (Å²) in [6, 6.07) is -0.492. The molecule has 5 nitrogen and oxygen atoms in total. The number of nitrogens with two attached hydrogens (primary N) is 1. The van der Waals surface area contributed by atoms with Gasteiger partial charge in [0.2, 0.25) is 0 Å². The minimum atomic E-state index is -0.616. The highest BCUT2D eigenvalue weighted by Gasteiger charge is 2.22. The van der Waals surface area contributed by atoms with E-state index in [9.17, 15) is 5.11 Å². The second-order valence-electron chi connectivity index (χ2n) is 4.68. The molecule has 0 unspecified atom stereocenters. The molecule has 1 aromatic rings. The molecule has 0 saturated heterocycles. The summed E-state index contributed by atoms with van der Waals surface area (Å²) in [4.78, 5) is 4.40. The Kier molecular flexibility index (Phi) is 3.56. The van der Waals surface area contributed by atoms with Crippen molar-refractivity contribution < 1.29 is 5.11 Å². The van der Waals surface area contributed by atoms with Crippen LogP contribution in [0.5, 0.6) is 0 Å². The fourth-order valence-electron chi connectivity index (χ4n) is 2.21. The predicted octanol–water partition coefficient (Wildman–Crippen LogP) is 1.23. The number of aromatic amines is 1. The highest BCUT2D eigenvalue weighted by Crippen LogP contribution is 2.30. The zero-order valence-corrected chi connectivity index (χ0v) is 9.69. The van der Waals surface area contributed by atoms with E-state index in [-0.39, 0.29) is 0 Å². The van der Waals surface area contributed by atoms with Gasteiger partial charge in [-0.05, 0) is 19.8 Å². The maximum atomic E-state index is 9.38. The van der Waals surface area contributed by atoms with Gasteiger partial charge in [-0.25, -0.2) is 4.98 Å². The minimum Gasteiger partial charge on any atom is -0.391 e. The molecule has 1 heterocycles. The van der Waals surface area contributed by atoms with Gasteiger partial charge in [-0.1, -0.05) is 19.3 Å². The Labute approximate surface area is 95.5 Å². The highest BCUT2D eigenvalue weighted by atomic mass is 16.3. The van der Waals surface area contributed by atoms with E-state index in [1.165, 1.54) is 32.1 Å². The fraction of sp³-hybridized carbons (Fsp3) is 0.818. The Morgan fingerprint density at radius 1 is 1.38 bits per heavy atom. The molecule has 0 radical (unpaired) electrons. The number of aliphatic hydroxyl groups is 1. The summed E-state index contributed by atoms with van der Waals surface area (Å²) in [6.45, 7) is 1.65. The van der Waals surface area contributed by atoms with E-state index >= 15 is 0 Å². The molecule has 0 amide bonds. The van der Waals surface area contributed by atoms with Crippen LogP contribution in [0.1, 0.15) is 62.6 Å². The number of rotatable bonds is 3. The van der Waals surface area contributed by atoms with Crippen LogP contribution in [0.3, 0.4) is 0 Å². The molecule has 1 fully saturated rings. The highest BCUT2D eigenvalue weighted by molar-refractivity contribution is 5.02. The molecule has 4 N–H and O–H groups in total. The first-order valence-corrected chi connectivity index (χ1v) is 6.04. The first-order chi connectivity index (χ1) is 7.68. The van der Waals surface area contributed by atoms with Crippen LogP contribution in [-0.2, 0) is 0 Å². The summed E-state index contributed by atoms with van der Waals surface area (Å²) in [7, 11) is 0. The second-order valence-corrected chi connectivity index (χ2v) is 4.68. The Hall–Kier alpha value is -0.940. The SMILES string of the molecule is C[C@@H](O)[C@H](N)c1n[nH]c(C2CCCCC2)n1. The molecule has 1 saturated carbocycles. The van der Waals surface area contributed by atoms with Crippen molar-refractivity contribution in [2.24, 2.45) is 5.73 Å². The largest absolute Gasteiger partial charge is 0.391 e. The summed E-state index contributed by atoms with van der Waals surface area (Å²) in [5, 5.41) is 16.4. The van der Waals surface area contributed by atoms with Crippen LogP contribution < -0.4 is 5.73 Å². The number of hydrogen-bond acceptors (Lipinski definition) is 4. The zero-order chi connectivity index (χ0) is 11.5. The third-order valence-electron chi connectivity index (χ3n) is 3.33. The number of aliphatic hydroxyl groups excluding tert-OH is 1. The topological polar surface area (TPSA) is 87.8 Å². The van der Waals surface area contributed by atoms with Crippen molar-refractivity contribution in [1.82, 2.24) is 15.2 Å². The molecule has 0 aliphatic heterocycles. The van der Waals surface area contributed by atoms with Crippen LogP contribution in [0.15, 0.2) is 0 Å². The molecular formula is C11H20N4O. The van der Waals surface area contributed by atoms with Gasteiger partial charge in [0.05, 0.1) is 12.1 Å². The van der Waals surface area contributed by atoms with E-state index in [1.807, 2.05) is 0 Å². The quantitative estimate of drug-likeness (QED) is 0.720. The summed E-state index contributed by atoms with van der Waals surface area (Å²) in [5.41, 5.74) is 5.79. The number of hydrogen-bond donors (Lipinski definition) is 3. The maximum absolute atomic E-state index is 9.38. The van der Waals surface area contributed by atoms with Crippen molar-refractivity contribution in [2.45, 2.75) is 57.1 Å². The third kappa shape index (κ3) is 2.41. The van der Waals surface area contributed by atoms with Crippen molar-refractivity contribution in [3.8, 4) is 0 Å². The lowest BCUT2D eigenvalue weighted by Gasteiger charge is -2.18. The van der Waals surface area contributed by atoms with E-state index in [1.54, 1.807) is 6.92 Å². The first kappa shape index (κ1) is 11.5. The first-order valence-electron chi connectivity index (χ1n) is 6.04. The molecule has 1 aromatic heterocycles. The van der Waals surface area contributed by atoms with Crippen LogP contribution in [0, 0.1) is 0 Å². The van der Waals surface area contributed by atoms with E-state index in [0.717, 1.165) is 5.82 Å². The van der Waals surface area contributed by atoms with Gasteiger partial charge in [0.1, 0.15) is 5.82 Å². The smallest absolute Gasteiger partial charge is 0.169 e. The molecule has 1 aliphatic rings. The van der Waals surface area contributed by atoms with Crippen molar-refractivity contribution in [3.05, 3.63) is 11.6 Å². The number of nitrogens with zero attached hydrogens (tertiary/aromatic N) is 2. The van der Waals surface area contributed by atoms with Gasteiger partial charge in [0, 0.05) is 5.92 Å². The fourth-order valence-corrected chi connectivity index (χ4v) is 2.21. The second kappa shape index (κ2) is 4.93. The van der Waals surface area contributed by atoms with Crippen LogP contribution >= 0.6 is 0 Å². The van der Waals surface area contributed by atoms with Gasteiger partial charge >= 0.3 is 0 Å². The molecule has 0 aromatic carbocycles. The molecule has 16 heavy (non-hydrogen) atoms. The molecule has 90 valence electrons. The van der Waals surface area contributed by atoms with E-state index in [0.29, 0.717) is 11.7 Å². The van der Waals surface area contributed by atoms with Crippen LogP contribution in [0.25, 0.3) is 0 Å². The number of nitrogens with one attached hydrogen (secondary N) is 1. The summed E-state index contributed by atoms with van der Waals surface area (Å²) < 4.78 is 0. The third-order valence-corrected chi connectivity index (χ3v) is 3.33. The number of aromatic nitrogens is 3. The predicted molar refractivity (Wildman–Crippen MR) is 60.8 cm³/mol. The van der Waals surface area contributed by atoms with Crippen LogP contribution in [-0.4, -0.2) is 26.4 Å². The summed E-state index contributed by atoms with van der Waals surface area (Å²) in [6.07, 6.45) is 5.60. The molecule has 0 bridgehead atoms. The lowest BCUT2D eigenvalue weighted by atomic mass is 9.89. The van der Waals surface area contributed by atoms with E-state index < -0.39 is 12.1 Å². The molecule has 2 rings (SSSR count). The Morgan fingerprint density at radius 3 is 2.69 bits per heavy atom. The van der Waals surface area contributed by atoms with Crippen LogP contribution in [0.2, 0.25) is 0 Å². The van der Waals surface area contributed by atoms with Gasteiger partial charge in [0.15, 0.2) is 5.82 Å². The summed E-state index contributed by atoms with van der Waals surface area (Å²) >= 11 is 0. The standard InChI is InChI=1S/C11H20N4O/c1-7(16)9(12)11-13-10(14-15-11)8-5-3-2-4-6-8/h7-9,16H,2-6,12H2,1H3,(H,13,14,15)/t7-,9+/m1/s1. The lowest BCUT2D eigenvalue weighted by Crippen LogP contribution is -2.24. The van der Waals surface area contributed by atoms with Gasteiger partial charge in [-0.2, -0.15) is 5.10 Å². The monoisotopic (exact) mass is 224 g/mol. The van der Waals surface area contributed by atoms with Crippen molar-refractivity contribution in [1.29, 1.82) is 0 Å². The van der Waals surface area contributed by atoms with E-state index in [4.69, 9.17) is 5.73 Å². The van der Waals surface area contributed by atoms with Crippen molar-refractivity contribution in [2.75, 3.05) is 0 Å². The normalized spacial score (nSPS) is 21.9. The molecule has 5 heteroatoms. The minimum absolute atomic E-state index is 0.492. The number of H-pyrrole nitrogens is 1. The molecule has 0 spiro atoms. The Balaban J connectivity index is 2.06. The average Bonchev–Trinajstić information content (AvgIpc) is 2.78. The maximum Gasteiger partial charge on any atom is 0.169 e. The average molecular weight is 224 g/mol. The van der Waals surface area contributed by atoms with Gasteiger partial charge in [-0.15, -0.1) is 0 Å². The van der Waals surface area contributed by atoms with Gasteiger partial charge < -0.3 is 10.8 Å². The Bertz CT molecular complexity index is 330. The van der Waals surface area contributed by atoms with Gasteiger partial charge in [-0.3, -0.25) is 5.10 Å². The lowest BCUT2D eigenvalue weighted by molar-refractivity contribution is 0.160. The van der Waals surface area contributed by atoms with Crippen molar-refractivity contribution >= 4 is 0 Å². The molecular weight excluding hydrogens is 204 g/mol. The molecule has 1 aliphatic carbocycles. The summed E-state index contributed by atoms with van der Waals surface area (Å²) in [5.74, 6) is 1.96. The van der Waals surface area contributed by atoms with Gasteiger partial charge in [0.25, 0.3) is 0 Å². The zero-order valence-electron chi connectivity index (χ0n) is 9.69. The van der Waals surface area contributed by atoms with E-state index in [2.05, 4.69) is 15.2 Å². The molecule has 2 atom stereocenters.